The van der Waals surface area contributed by atoms with Gasteiger partial charge in [-0.2, -0.15) is 0 Å². The highest BCUT2D eigenvalue weighted by Gasteiger charge is 2.44. The number of ether oxygens (including phenoxy) is 2. The Kier molecular flexibility index (Phi) is 7.85. The van der Waals surface area contributed by atoms with Crippen LogP contribution in [-0.2, 0) is 16.0 Å². The van der Waals surface area contributed by atoms with Crippen molar-refractivity contribution in [1.29, 1.82) is 0 Å². The standard InChI is InChI=1S/C33H40N2O3/c1-6-24-20-35-16-14-26(24)18-31(35)32(28-13-15-34-30-12-11-27(37-5)19-29(28)30)38-33(36)22(4)25-9-7-23(8-10-25)17-21(2)3/h6-13,15,19,21-22,24,26,31-32H,1,14,16-18,20H2,2-5H3/t22-,24-,26-,31+,32+/m0/s1. The number of benzene rings is 2. The number of rotatable bonds is 9. The number of piperidine rings is 3. The molecule has 3 aliphatic rings. The molecule has 1 unspecified atom stereocenters. The molecule has 4 heterocycles. The number of fused-ring (bicyclic) bond motifs is 4. The minimum atomic E-state index is -0.392. The molecule has 0 spiro atoms. The smallest absolute Gasteiger partial charge is 0.313 e. The van der Waals surface area contributed by atoms with Crippen molar-refractivity contribution in [2.75, 3.05) is 20.2 Å². The van der Waals surface area contributed by atoms with Gasteiger partial charge < -0.3 is 9.47 Å². The van der Waals surface area contributed by atoms with Crippen LogP contribution in [0.25, 0.3) is 10.9 Å². The molecule has 2 bridgehead atoms. The van der Waals surface area contributed by atoms with Gasteiger partial charge in [-0.3, -0.25) is 14.7 Å². The first kappa shape index (κ1) is 26.4. The van der Waals surface area contributed by atoms with Crippen LogP contribution >= 0.6 is 0 Å². The Morgan fingerprint density at radius 1 is 1.16 bits per heavy atom. The first-order chi connectivity index (χ1) is 18.4. The molecule has 3 aromatic rings. The molecule has 0 aliphatic carbocycles. The van der Waals surface area contributed by atoms with E-state index in [1.807, 2.05) is 37.4 Å². The Labute approximate surface area is 226 Å². The number of hydrogen-bond donors (Lipinski definition) is 0. The lowest BCUT2D eigenvalue weighted by Gasteiger charge is -2.51. The molecule has 0 N–H and O–H groups in total. The van der Waals surface area contributed by atoms with Gasteiger partial charge in [0, 0.05) is 23.7 Å². The fourth-order valence-electron chi connectivity index (χ4n) is 6.34. The number of methoxy groups -OCH3 is 1. The molecule has 200 valence electrons. The number of aromatic nitrogens is 1. The third kappa shape index (κ3) is 5.35. The number of carbonyl (C=O) groups excluding carboxylic acids is 1. The van der Waals surface area contributed by atoms with Gasteiger partial charge in [-0.1, -0.05) is 44.2 Å². The SMILES string of the molecule is C=C[C@H]1CN2CC[C@H]1C[C@@H]2[C@H](OC(=O)[C@@H](C)c1ccc(CC(C)C)cc1)c1ccnc2ccc(OC)cc12. The molecule has 5 nitrogen and oxygen atoms in total. The summed E-state index contributed by atoms with van der Waals surface area (Å²) in [5, 5.41) is 0.971. The number of pyridine rings is 1. The summed E-state index contributed by atoms with van der Waals surface area (Å²) in [6, 6.07) is 16.5. The predicted molar refractivity (Wildman–Crippen MR) is 152 cm³/mol. The molecule has 0 amide bonds. The fourth-order valence-corrected chi connectivity index (χ4v) is 6.34. The van der Waals surface area contributed by atoms with Gasteiger partial charge in [0.05, 0.1) is 24.6 Å². The van der Waals surface area contributed by atoms with E-state index in [-0.39, 0.29) is 17.9 Å². The van der Waals surface area contributed by atoms with Crippen molar-refractivity contribution >= 4 is 16.9 Å². The van der Waals surface area contributed by atoms with Crippen LogP contribution in [0.15, 0.2) is 67.4 Å². The summed E-state index contributed by atoms with van der Waals surface area (Å²) in [5.74, 6) is 1.88. The zero-order chi connectivity index (χ0) is 26.8. The van der Waals surface area contributed by atoms with Crippen LogP contribution in [0.2, 0.25) is 0 Å². The monoisotopic (exact) mass is 512 g/mol. The lowest BCUT2D eigenvalue weighted by atomic mass is 9.73. The van der Waals surface area contributed by atoms with Crippen molar-refractivity contribution in [3.63, 3.8) is 0 Å². The highest BCUT2D eigenvalue weighted by molar-refractivity contribution is 5.85. The lowest BCUT2D eigenvalue weighted by Crippen LogP contribution is -2.55. The van der Waals surface area contributed by atoms with Crippen LogP contribution in [-0.4, -0.2) is 42.1 Å². The van der Waals surface area contributed by atoms with E-state index in [1.54, 1.807) is 7.11 Å². The molecule has 1 aromatic heterocycles. The summed E-state index contributed by atoms with van der Waals surface area (Å²) >= 11 is 0. The maximum absolute atomic E-state index is 13.7. The van der Waals surface area contributed by atoms with Gasteiger partial charge in [0.15, 0.2) is 0 Å². The largest absolute Gasteiger partial charge is 0.497 e. The Balaban J connectivity index is 1.47. The van der Waals surface area contributed by atoms with E-state index in [0.29, 0.717) is 17.8 Å². The maximum Gasteiger partial charge on any atom is 0.313 e. The Morgan fingerprint density at radius 3 is 2.61 bits per heavy atom. The molecule has 38 heavy (non-hydrogen) atoms. The average Bonchev–Trinajstić information content (AvgIpc) is 2.95. The van der Waals surface area contributed by atoms with E-state index in [9.17, 15) is 4.79 Å². The Morgan fingerprint density at radius 2 is 1.95 bits per heavy atom. The number of carbonyl (C=O) groups is 1. The first-order valence-electron chi connectivity index (χ1n) is 14.0. The summed E-state index contributed by atoms with van der Waals surface area (Å²) in [4.78, 5) is 20.8. The van der Waals surface area contributed by atoms with Crippen LogP contribution in [0.4, 0.5) is 0 Å². The predicted octanol–water partition coefficient (Wildman–Crippen LogP) is 6.73. The van der Waals surface area contributed by atoms with Gasteiger partial charge in [0.25, 0.3) is 0 Å². The third-order valence-corrected chi connectivity index (χ3v) is 8.51. The van der Waals surface area contributed by atoms with Crippen molar-refractivity contribution in [3.05, 3.63) is 84.1 Å². The summed E-state index contributed by atoms with van der Waals surface area (Å²) in [6.45, 7) is 12.5. The zero-order valence-electron chi connectivity index (χ0n) is 23.1. The topological polar surface area (TPSA) is 51.7 Å². The van der Waals surface area contributed by atoms with Crippen molar-refractivity contribution in [2.45, 2.75) is 58.1 Å². The van der Waals surface area contributed by atoms with E-state index in [1.165, 1.54) is 5.56 Å². The van der Waals surface area contributed by atoms with Crippen molar-refractivity contribution < 1.29 is 14.3 Å². The second kappa shape index (κ2) is 11.3. The molecule has 2 aromatic carbocycles. The normalized spacial score (nSPS) is 24.2. The van der Waals surface area contributed by atoms with Crippen LogP contribution in [0.1, 0.15) is 62.3 Å². The van der Waals surface area contributed by atoms with E-state index in [0.717, 1.165) is 60.1 Å². The molecular formula is C33H40N2O3. The second-order valence-electron chi connectivity index (χ2n) is 11.4. The van der Waals surface area contributed by atoms with Gasteiger partial charge in [-0.05, 0) is 85.9 Å². The Hall–Kier alpha value is -3.18. The summed E-state index contributed by atoms with van der Waals surface area (Å²) in [6.07, 6.45) is 6.72. The maximum atomic E-state index is 13.7. The first-order valence-corrected chi connectivity index (χ1v) is 14.0. The molecule has 0 saturated carbocycles. The highest BCUT2D eigenvalue weighted by atomic mass is 16.5. The minimum absolute atomic E-state index is 0.117. The van der Waals surface area contributed by atoms with Gasteiger partial charge in [0.2, 0.25) is 0 Å². The number of nitrogens with zero attached hydrogens (tertiary/aromatic N) is 2. The van der Waals surface area contributed by atoms with Crippen LogP contribution in [0.3, 0.4) is 0 Å². The molecule has 6 atom stereocenters. The van der Waals surface area contributed by atoms with Gasteiger partial charge in [0.1, 0.15) is 11.9 Å². The van der Waals surface area contributed by atoms with E-state index in [4.69, 9.17) is 9.47 Å². The fraction of sp³-hybridized carbons (Fsp3) is 0.455. The van der Waals surface area contributed by atoms with E-state index >= 15 is 0 Å². The quantitative estimate of drug-likeness (QED) is 0.235. The van der Waals surface area contributed by atoms with Crippen LogP contribution < -0.4 is 4.74 Å². The van der Waals surface area contributed by atoms with Crippen molar-refractivity contribution in [3.8, 4) is 5.75 Å². The van der Waals surface area contributed by atoms with E-state index in [2.05, 4.69) is 60.7 Å². The van der Waals surface area contributed by atoms with Crippen molar-refractivity contribution in [1.82, 2.24) is 9.88 Å². The molecule has 6 rings (SSSR count). The average molecular weight is 513 g/mol. The minimum Gasteiger partial charge on any atom is -0.497 e. The summed E-state index contributed by atoms with van der Waals surface area (Å²) in [5.41, 5.74) is 4.15. The highest BCUT2D eigenvalue weighted by Crippen LogP contribution is 2.44. The third-order valence-electron chi connectivity index (χ3n) is 8.51. The van der Waals surface area contributed by atoms with E-state index < -0.39 is 6.10 Å². The number of hydrogen-bond acceptors (Lipinski definition) is 5. The van der Waals surface area contributed by atoms with Crippen molar-refractivity contribution in [2.24, 2.45) is 17.8 Å². The number of esters is 1. The lowest BCUT2D eigenvalue weighted by molar-refractivity contribution is -0.158. The van der Waals surface area contributed by atoms with Gasteiger partial charge >= 0.3 is 5.97 Å². The summed E-state index contributed by atoms with van der Waals surface area (Å²) in [7, 11) is 1.67. The van der Waals surface area contributed by atoms with Gasteiger partial charge in [-0.15, -0.1) is 6.58 Å². The molecule has 3 aliphatic heterocycles. The summed E-state index contributed by atoms with van der Waals surface area (Å²) < 4.78 is 12.0. The molecule has 3 saturated heterocycles. The molecular weight excluding hydrogens is 472 g/mol. The van der Waals surface area contributed by atoms with Gasteiger partial charge in [-0.25, -0.2) is 0 Å². The molecule has 5 heteroatoms. The van der Waals surface area contributed by atoms with Crippen LogP contribution in [0, 0.1) is 17.8 Å². The molecule has 0 radical (unpaired) electrons. The van der Waals surface area contributed by atoms with Crippen LogP contribution in [0.5, 0.6) is 5.75 Å². The zero-order valence-corrected chi connectivity index (χ0v) is 23.1. The molecule has 3 fully saturated rings. The Bertz CT molecular complexity index is 1290. The second-order valence-corrected chi connectivity index (χ2v) is 11.4.